The van der Waals surface area contributed by atoms with Gasteiger partial charge in [-0.2, -0.15) is 5.10 Å². The molecule has 1 saturated carbocycles. The fraction of sp³-hybridized carbons (Fsp3) is 0.824. The lowest BCUT2D eigenvalue weighted by Crippen LogP contribution is -2.47. The van der Waals surface area contributed by atoms with E-state index >= 15 is 0 Å². The van der Waals surface area contributed by atoms with Gasteiger partial charge in [0, 0.05) is 18.3 Å². The SMILES string of the molecule is Cc1cc(C)n(C[C@H]2CCCN2CC2(O)CCCCC2)n1. The summed E-state index contributed by atoms with van der Waals surface area (Å²) in [7, 11) is 0. The summed E-state index contributed by atoms with van der Waals surface area (Å²) in [6, 6.07) is 2.68. The Kier molecular flexibility index (Phi) is 4.36. The molecular formula is C17H29N3O. The summed E-state index contributed by atoms with van der Waals surface area (Å²) in [6.07, 6.45) is 8.11. The lowest BCUT2D eigenvalue weighted by molar-refractivity contribution is -0.0304. The number of aryl methyl sites for hydroxylation is 2. The molecule has 0 bridgehead atoms. The molecule has 21 heavy (non-hydrogen) atoms. The molecule has 1 aliphatic heterocycles. The molecule has 0 aromatic carbocycles. The van der Waals surface area contributed by atoms with E-state index in [0.29, 0.717) is 6.04 Å². The van der Waals surface area contributed by atoms with E-state index in [1.165, 1.54) is 37.8 Å². The van der Waals surface area contributed by atoms with Crippen molar-refractivity contribution in [1.82, 2.24) is 14.7 Å². The van der Waals surface area contributed by atoms with Crippen LogP contribution in [0.3, 0.4) is 0 Å². The Hall–Kier alpha value is -0.870. The van der Waals surface area contributed by atoms with Crippen LogP contribution in [-0.2, 0) is 6.54 Å². The Morgan fingerprint density at radius 3 is 2.67 bits per heavy atom. The second-order valence-electron chi connectivity index (χ2n) is 7.16. The Bertz CT molecular complexity index is 476. The van der Waals surface area contributed by atoms with E-state index in [9.17, 15) is 5.11 Å². The number of aliphatic hydroxyl groups is 1. The van der Waals surface area contributed by atoms with Crippen LogP contribution in [-0.4, -0.2) is 44.5 Å². The summed E-state index contributed by atoms with van der Waals surface area (Å²) in [6.45, 7) is 7.15. The number of hydrogen-bond acceptors (Lipinski definition) is 3. The van der Waals surface area contributed by atoms with Crippen LogP contribution in [0, 0.1) is 13.8 Å². The summed E-state index contributed by atoms with van der Waals surface area (Å²) >= 11 is 0. The molecule has 2 fully saturated rings. The highest BCUT2D eigenvalue weighted by Crippen LogP contribution is 2.31. The van der Waals surface area contributed by atoms with Crippen molar-refractivity contribution in [3.63, 3.8) is 0 Å². The normalized spacial score (nSPS) is 26.3. The molecule has 1 aromatic rings. The van der Waals surface area contributed by atoms with Crippen molar-refractivity contribution in [2.45, 2.75) is 77.0 Å². The second-order valence-corrected chi connectivity index (χ2v) is 7.16. The number of likely N-dealkylation sites (tertiary alicyclic amines) is 1. The van der Waals surface area contributed by atoms with Crippen LogP contribution in [0.5, 0.6) is 0 Å². The van der Waals surface area contributed by atoms with Crippen molar-refractivity contribution in [3.8, 4) is 0 Å². The molecule has 0 unspecified atom stereocenters. The molecule has 1 aliphatic carbocycles. The molecule has 1 atom stereocenters. The van der Waals surface area contributed by atoms with E-state index in [2.05, 4.69) is 34.6 Å². The molecule has 3 rings (SSSR count). The molecule has 1 saturated heterocycles. The maximum Gasteiger partial charge on any atom is 0.0774 e. The van der Waals surface area contributed by atoms with Crippen molar-refractivity contribution in [2.75, 3.05) is 13.1 Å². The van der Waals surface area contributed by atoms with Gasteiger partial charge in [-0.1, -0.05) is 19.3 Å². The molecule has 0 amide bonds. The zero-order valence-electron chi connectivity index (χ0n) is 13.5. The molecule has 118 valence electrons. The van der Waals surface area contributed by atoms with E-state index in [4.69, 9.17) is 0 Å². The largest absolute Gasteiger partial charge is 0.389 e. The van der Waals surface area contributed by atoms with Crippen LogP contribution in [0.1, 0.15) is 56.3 Å². The summed E-state index contributed by atoms with van der Waals surface area (Å²) in [4.78, 5) is 2.52. The molecule has 0 spiro atoms. The first-order valence-corrected chi connectivity index (χ1v) is 8.53. The lowest BCUT2D eigenvalue weighted by atomic mass is 9.84. The quantitative estimate of drug-likeness (QED) is 0.927. The van der Waals surface area contributed by atoms with Gasteiger partial charge in [0.2, 0.25) is 0 Å². The molecule has 1 N–H and O–H groups in total. The van der Waals surface area contributed by atoms with E-state index in [1.54, 1.807) is 0 Å². The van der Waals surface area contributed by atoms with Crippen molar-refractivity contribution in [1.29, 1.82) is 0 Å². The first kappa shape index (κ1) is 15.0. The highest BCUT2D eigenvalue weighted by Gasteiger charge is 2.35. The van der Waals surface area contributed by atoms with Crippen LogP contribution in [0.25, 0.3) is 0 Å². The standard InChI is InChI=1S/C17H29N3O/c1-14-11-15(2)20(18-14)12-16-7-6-10-19(16)13-17(21)8-4-3-5-9-17/h11,16,21H,3-10,12-13H2,1-2H3/t16-/m1/s1. The van der Waals surface area contributed by atoms with Crippen LogP contribution < -0.4 is 0 Å². The highest BCUT2D eigenvalue weighted by molar-refractivity contribution is 5.07. The fourth-order valence-corrected chi connectivity index (χ4v) is 4.12. The van der Waals surface area contributed by atoms with Gasteiger partial charge in [-0.25, -0.2) is 0 Å². The van der Waals surface area contributed by atoms with Crippen LogP contribution >= 0.6 is 0 Å². The predicted molar refractivity (Wildman–Crippen MR) is 84.3 cm³/mol. The third-order valence-corrected chi connectivity index (χ3v) is 5.27. The summed E-state index contributed by atoms with van der Waals surface area (Å²) in [5.74, 6) is 0. The van der Waals surface area contributed by atoms with Crippen LogP contribution in [0.2, 0.25) is 0 Å². The van der Waals surface area contributed by atoms with Gasteiger partial charge < -0.3 is 5.11 Å². The van der Waals surface area contributed by atoms with Gasteiger partial charge in [-0.3, -0.25) is 9.58 Å². The molecular weight excluding hydrogens is 262 g/mol. The third-order valence-electron chi connectivity index (χ3n) is 5.27. The summed E-state index contributed by atoms with van der Waals surface area (Å²) in [5, 5.41) is 15.4. The maximum atomic E-state index is 10.8. The van der Waals surface area contributed by atoms with Crippen LogP contribution in [0.15, 0.2) is 6.07 Å². The van der Waals surface area contributed by atoms with Gasteiger partial charge in [0.1, 0.15) is 0 Å². The second kappa shape index (κ2) is 6.09. The van der Waals surface area contributed by atoms with Crippen molar-refractivity contribution >= 4 is 0 Å². The minimum Gasteiger partial charge on any atom is -0.389 e. The minimum atomic E-state index is -0.435. The average Bonchev–Trinajstić information content (AvgIpc) is 2.98. The first-order valence-electron chi connectivity index (χ1n) is 8.53. The Morgan fingerprint density at radius 2 is 2.00 bits per heavy atom. The summed E-state index contributed by atoms with van der Waals surface area (Å²) in [5.41, 5.74) is 1.91. The van der Waals surface area contributed by atoms with E-state index in [-0.39, 0.29) is 0 Å². The Balaban J connectivity index is 1.63. The zero-order valence-corrected chi connectivity index (χ0v) is 13.5. The number of hydrogen-bond donors (Lipinski definition) is 1. The van der Waals surface area contributed by atoms with Crippen molar-refractivity contribution < 1.29 is 5.11 Å². The first-order chi connectivity index (χ1) is 10.1. The van der Waals surface area contributed by atoms with E-state index in [0.717, 1.165) is 38.2 Å². The molecule has 1 aromatic heterocycles. The van der Waals surface area contributed by atoms with E-state index < -0.39 is 5.60 Å². The lowest BCUT2D eigenvalue weighted by Gasteiger charge is -2.37. The van der Waals surface area contributed by atoms with E-state index in [1.807, 2.05) is 0 Å². The minimum absolute atomic E-state index is 0.435. The Labute approximate surface area is 128 Å². The molecule has 4 nitrogen and oxygen atoms in total. The number of nitrogens with zero attached hydrogens (tertiary/aromatic N) is 3. The average molecular weight is 291 g/mol. The van der Waals surface area contributed by atoms with Crippen LogP contribution in [0.4, 0.5) is 0 Å². The van der Waals surface area contributed by atoms with Gasteiger partial charge in [-0.15, -0.1) is 0 Å². The van der Waals surface area contributed by atoms with Gasteiger partial charge in [0.25, 0.3) is 0 Å². The summed E-state index contributed by atoms with van der Waals surface area (Å²) < 4.78 is 2.14. The number of β-amino-alcohol motifs (C(OH)–C–C–N with tert-alkyl or cyclic N) is 1. The maximum absolute atomic E-state index is 10.8. The molecule has 4 heteroatoms. The smallest absolute Gasteiger partial charge is 0.0774 e. The van der Waals surface area contributed by atoms with Crippen molar-refractivity contribution in [3.05, 3.63) is 17.5 Å². The predicted octanol–water partition coefficient (Wildman–Crippen LogP) is 2.66. The number of aromatic nitrogens is 2. The monoisotopic (exact) mass is 291 g/mol. The topological polar surface area (TPSA) is 41.3 Å². The third kappa shape index (κ3) is 3.49. The Morgan fingerprint density at radius 1 is 1.24 bits per heavy atom. The van der Waals surface area contributed by atoms with Gasteiger partial charge in [0.05, 0.1) is 17.8 Å². The highest BCUT2D eigenvalue weighted by atomic mass is 16.3. The molecule has 2 heterocycles. The van der Waals surface area contributed by atoms with Gasteiger partial charge in [0.15, 0.2) is 0 Å². The van der Waals surface area contributed by atoms with Gasteiger partial charge >= 0.3 is 0 Å². The molecule has 0 radical (unpaired) electrons. The molecule has 2 aliphatic rings. The zero-order chi connectivity index (χ0) is 14.9. The van der Waals surface area contributed by atoms with Crippen molar-refractivity contribution in [2.24, 2.45) is 0 Å². The fourth-order valence-electron chi connectivity index (χ4n) is 4.12. The number of rotatable bonds is 4. The van der Waals surface area contributed by atoms with Gasteiger partial charge in [-0.05, 0) is 52.1 Å².